The summed E-state index contributed by atoms with van der Waals surface area (Å²) in [6.45, 7) is 2.85. The summed E-state index contributed by atoms with van der Waals surface area (Å²) in [5.41, 5.74) is 1.70. The molecule has 1 amide bonds. The van der Waals surface area contributed by atoms with Crippen LogP contribution in [0.2, 0.25) is 0 Å². The Morgan fingerprint density at radius 2 is 1.71 bits per heavy atom. The third kappa shape index (κ3) is 4.32. The Balaban J connectivity index is 1.46. The van der Waals surface area contributed by atoms with E-state index < -0.39 is 5.69 Å². The van der Waals surface area contributed by atoms with E-state index in [-0.39, 0.29) is 24.6 Å². The highest BCUT2D eigenvalue weighted by molar-refractivity contribution is 5.81. The van der Waals surface area contributed by atoms with E-state index in [0.717, 1.165) is 15.7 Å². The molecule has 4 aromatic rings. The molecule has 0 saturated carbocycles. The highest BCUT2D eigenvalue weighted by Crippen LogP contribution is 2.08. The maximum atomic E-state index is 12.8. The average Bonchev–Trinajstić information content (AvgIpc) is 3.30. The number of benzene rings is 2. The predicted molar refractivity (Wildman–Crippen MR) is 118 cm³/mol. The average molecular weight is 417 g/mol. The summed E-state index contributed by atoms with van der Waals surface area (Å²) in [6, 6.07) is 16.6. The smallest absolute Gasteiger partial charge is 0.331 e. The highest BCUT2D eigenvalue weighted by Gasteiger charge is 2.14. The molecule has 8 nitrogen and oxygen atoms in total. The molecule has 0 bridgehead atoms. The fraction of sp³-hybridized carbons (Fsp3) is 0.217. The van der Waals surface area contributed by atoms with E-state index in [1.54, 1.807) is 37.4 Å². The number of nitrogens with zero attached hydrogens (tertiary/aromatic N) is 4. The van der Waals surface area contributed by atoms with E-state index in [4.69, 9.17) is 0 Å². The van der Waals surface area contributed by atoms with Crippen LogP contribution in [0, 0.1) is 0 Å². The molecule has 2 aromatic carbocycles. The van der Waals surface area contributed by atoms with Crippen LogP contribution in [0.25, 0.3) is 10.9 Å². The van der Waals surface area contributed by atoms with Gasteiger partial charge < -0.3 is 5.32 Å². The molecule has 4 rings (SSSR count). The fourth-order valence-electron chi connectivity index (χ4n) is 3.55. The summed E-state index contributed by atoms with van der Waals surface area (Å²) >= 11 is 0. The maximum absolute atomic E-state index is 12.8. The Morgan fingerprint density at radius 1 is 0.968 bits per heavy atom. The largest absolute Gasteiger partial charge is 0.350 e. The second kappa shape index (κ2) is 8.83. The minimum Gasteiger partial charge on any atom is -0.350 e. The van der Waals surface area contributed by atoms with E-state index >= 15 is 0 Å². The van der Waals surface area contributed by atoms with Gasteiger partial charge in [-0.3, -0.25) is 23.4 Å². The zero-order valence-electron chi connectivity index (χ0n) is 17.2. The van der Waals surface area contributed by atoms with Crippen LogP contribution in [-0.2, 0) is 31.0 Å². The zero-order valence-corrected chi connectivity index (χ0v) is 17.2. The lowest BCUT2D eigenvalue weighted by atomic mass is 10.1. The van der Waals surface area contributed by atoms with Crippen molar-refractivity contribution in [3.63, 3.8) is 0 Å². The minimum atomic E-state index is -0.482. The van der Waals surface area contributed by atoms with Gasteiger partial charge >= 0.3 is 5.69 Å². The molecule has 0 aliphatic heterocycles. The molecule has 158 valence electrons. The molecule has 31 heavy (non-hydrogen) atoms. The maximum Gasteiger partial charge on any atom is 0.331 e. The van der Waals surface area contributed by atoms with Crippen molar-refractivity contribution in [3.05, 3.63) is 99.0 Å². The lowest BCUT2D eigenvalue weighted by Gasteiger charge is -2.13. The van der Waals surface area contributed by atoms with Crippen LogP contribution in [-0.4, -0.2) is 24.8 Å². The number of amides is 1. The molecule has 0 fully saturated rings. The van der Waals surface area contributed by atoms with Gasteiger partial charge in [0.2, 0.25) is 5.91 Å². The Morgan fingerprint density at radius 3 is 2.42 bits per heavy atom. The van der Waals surface area contributed by atoms with Gasteiger partial charge in [0.1, 0.15) is 6.54 Å². The molecule has 1 N–H and O–H groups in total. The summed E-state index contributed by atoms with van der Waals surface area (Å²) in [5.74, 6) is -0.297. The van der Waals surface area contributed by atoms with Crippen molar-refractivity contribution in [3.8, 4) is 0 Å². The molecule has 0 unspecified atom stereocenters. The normalized spacial score (nSPS) is 11.0. The summed E-state index contributed by atoms with van der Waals surface area (Å²) in [5, 5.41) is 7.46. The van der Waals surface area contributed by atoms with E-state index in [2.05, 4.69) is 10.4 Å². The minimum absolute atomic E-state index is 0.156. The summed E-state index contributed by atoms with van der Waals surface area (Å²) in [7, 11) is 0. The third-order valence-corrected chi connectivity index (χ3v) is 5.17. The first-order valence-electron chi connectivity index (χ1n) is 10.1. The SMILES string of the molecule is CCn1c(=O)c2ccccc2n(CC(=O)NCc2ccc(Cn3cccn3)cc2)c1=O. The Kier molecular flexibility index (Phi) is 5.79. The van der Waals surface area contributed by atoms with Gasteiger partial charge in [-0.15, -0.1) is 0 Å². The molecule has 0 atom stereocenters. The van der Waals surface area contributed by atoms with Crippen LogP contribution in [0.4, 0.5) is 0 Å². The number of carbonyl (C=O) groups is 1. The number of para-hydroxylation sites is 1. The Hall–Kier alpha value is -3.94. The molecular weight excluding hydrogens is 394 g/mol. The number of aromatic nitrogens is 4. The highest BCUT2D eigenvalue weighted by atomic mass is 16.2. The van der Waals surface area contributed by atoms with Crippen LogP contribution < -0.4 is 16.6 Å². The van der Waals surface area contributed by atoms with Crippen LogP contribution in [0.3, 0.4) is 0 Å². The molecule has 2 heterocycles. The molecular formula is C23H23N5O3. The number of fused-ring (bicyclic) bond motifs is 1. The molecule has 0 spiro atoms. The second-order valence-corrected chi connectivity index (χ2v) is 7.23. The predicted octanol–water partition coefficient (Wildman–Crippen LogP) is 1.74. The van der Waals surface area contributed by atoms with E-state index in [9.17, 15) is 14.4 Å². The number of rotatable bonds is 7. The first-order valence-corrected chi connectivity index (χ1v) is 10.1. The van der Waals surface area contributed by atoms with E-state index in [1.165, 1.54) is 4.57 Å². The molecule has 0 saturated heterocycles. The van der Waals surface area contributed by atoms with Gasteiger partial charge in [-0.05, 0) is 36.2 Å². The zero-order chi connectivity index (χ0) is 21.8. The molecule has 0 aliphatic rings. The quantitative estimate of drug-likeness (QED) is 0.496. The number of hydrogen-bond acceptors (Lipinski definition) is 4. The summed E-state index contributed by atoms with van der Waals surface area (Å²) in [4.78, 5) is 37.8. The van der Waals surface area contributed by atoms with Crippen LogP contribution >= 0.6 is 0 Å². The lowest BCUT2D eigenvalue weighted by Crippen LogP contribution is -2.42. The molecule has 8 heteroatoms. The van der Waals surface area contributed by atoms with E-state index in [1.807, 2.05) is 41.2 Å². The van der Waals surface area contributed by atoms with Crippen molar-refractivity contribution >= 4 is 16.8 Å². The number of hydrogen-bond donors (Lipinski definition) is 1. The Bertz CT molecular complexity index is 1320. The monoisotopic (exact) mass is 417 g/mol. The standard InChI is InChI=1S/C23H23N5O3/c1-2-27-22(30)19-6-3-4-7-20(19)28(23(27)31)16-21(29)24-14-17-8-10-18(11-9-17)15-26-13-5-12-25-26/h3-13H,2,14-16H2,1H3,(H,24,29). The first kappa shape index (κ1) is 20.3. The first-order chi connectivity index (χ1) is 15.1. The summed E-state index contributed by atoms with van der Waals surface area (Å²) in [6.07, 6.45) is 3.65. The molecule has 0 aliphatic carbocycles. The van der Waals surface area contributed by atoms with Crippen molar-refractivity contribution in [2.45, 2.75) is 33.1 Å². The third-order valence-electron chi connectivity index (χ3n) is 5.17. The van der Waals surface area contributed by atoms with Crippen LogP contribution in [0.5, 0.6) is 0 Å². The van der Waals surface area contributed by atoms with Gasteiger partial charge in [-0.25, -0.2) is 4.79 Å². The van der Waals surface area contributed by atoms with Crippen molar-refractivity contribution in [1.29, 1.82) is 0 Å². The van der Waals surface area contributed by atoms with Gasteiger partial charge in [0.15, 0.2) is 0 Å². The van der Waals surface area contributed by atoms with Crippen molar-refractivity contribution in [2.75, 3.05) is 0 Å². The Labute approximate surface area is 178 Å². The van der Waals surface area contributed by atoms with Gasteiger partial charge in [0.25, 0.3) is 5.56 Å². The van der Waals surface area contributed by atoms with Crippen LogP contribution in [0.15, 0.2) is 76.6 Å². The van der Waals surface area contributed by atoms with Gasteiger partial charge in [0, 0.05) is 25.5 Å². The lowest BCUT2D eigenvalue weighted by molar-refractivity contribution is -0.121. The van der Waals surface area contributed by atoms with Gasteiger partial charge in [-0.1, -0.05) is 36.4 Å². The van der Waals surface area contributed by atoms with Crippen LogP contribution in [0.1, 0.15) is 18.1 Å². The summed E-state index contributed by atoms with van der Waals surface area (Å²) < 4.78 is 4.34. The number of carbonyl (C=O) groups excluding carboxylic acids is 1. The van der Waals surface area contributed by atoms with Gasteiger partial charge in [0.05, 0.1) is 17.4 Å². The number of nitrogens with one attached hydrogen (secondary N) is 1. The van der Waals surface area contributed by atoms with Gasteiger partial charge in [-0.2, -0.15) is 5.10 Å². The van der Waals surface area contributed by atoms with Crippen molar-refractivity contribution in [1.82, 2.24) is 24.2 Å². The second-order valence-electron chi connectivity index (χ2n) is 7.23. The molecule has 2 aromatic heterocycles. The van der Waals surface area contributed by atoms with E-state index in [0.29, 0.717) is 24.0 Å². The topological polar surface area (TPSA) is 90.9 Å². The fourth-order valence-corrected chi connectivity index (χ4v) is 3.55. The van der Waals surface area contributed by atoms with Crippen molar-refractivity contribution in [2.24, 2.45) is 0 Å². The molecule has 0 radical (unpaired) electrons. The van der Waals surface area contributed by atoms with Crippen molar-refractivity contribution < 1.29 is 4.79 Å².